The van der Waals surface area contributed by atoms with Crippen LogP contribution in [-0.4, -0.2) is 58.3 Å². The fourth-order valence-electron chi connectivity index (χ4n) is 3.19. The van der Waals surface area contributed by atoms with Gasteiger partial charge in [0.25, 0.3) is 5.91 Å². The van der Waals surface area contributed by atoms with Crippen molar-refractivity contribution in [2.75, 3.05) is 26.6 Å². The normalized spacial score (nSPS) is 10.9. The van der Waals surface area contributed by atoms with Gasteiger partial charge in [0.15, 0.2) is 5.69 Å². The predicted molar refractivity (Wildman–Crippen MR) is 125 cm³/mol. The van der Waals surface area contributed by atoms with Crippen LogP contribution in [0.15, 0.2) is 52.2 Å². The molecule has 13 nitrogen and oxygen atoms in total. The van der Waals surface area contributed by atoms with Crippen molar-refractivity contribution in [1.29, 1.82) is 0 Å². The minimum atomic E-state index is -0.612. The van der Waals surface area contributed by atoms with Crippen LogP contribution in [0.4, 0.5) is 5.82 Å². The van der Waals surface area contributed by atoms with Crippen LogP contribution in [-0.2, 0) is 0 Å². The lowest BCUT2D eigenvalue weighted by Crippen LogP contribution is -2.19. The number of anilines is 1. The zero-order valence-corrected chi connectivity index (χ0v) is 19.1. The lowest BCUT2D eigenvalue weighted by atomic mass is 10.1. The van der Waals surface area contributed by atoms with Gasteiger partial charge in [-0.05, 0) is 53.6 Å². The fourth-order valence-corrected chi connectivity index (χ4v) is 3.19. The molecule has 35 heavy (non-hydrogen) atoms. The maximum absolute atomic E-state index is 13.0. The van der Waals surface area contributed by atoms with Gasteiger partial charge in [-0.25, -0.2) is 10.1 Å². The number of amides is 1. The van der Waals surface area contributed by atoms with E-state index in [-0.39, 0.29) is 17.3 Å². The molecule has 2 aromatic carbocycles. The largest absolute Gasteiger partial charge is 0.497 e. The van der Waals surface area contributed by atoms with Crippen LogP contribution in [0.5, 0.6) is 17.2 Å². The van der Waals surface area contributed by atoms with Crippen LogP contribution in [0.3, 0.4) is 0 Å². The van der Waals surface area contributed by atoms with Gasteiger partial charge in [0, 0.05) is 17.2 Å². The van der Waals surface area contributed by atoms with Gasteiger partial charge in [-0.15, -0.1) is 5.10 Å². The van der Waals surface area contributed by atoms with Gasteiger partial charge in [0.2, 0.25) is 11.6 Å². The monoisotopic (exact) mass is 478 g/mol. The number of methoxy groups -OCH3 is 2. The summed E-state index contributed by atoms with van der Waals surface area (Å²) < 4.78 is 22.0. The Morgan fingerprint density at radius 3 is 2.57 bits per heavy atom. The van der Waals surface area contributed by atoms with Crippen LogP contribution in [0.2, 0.25) is 0 Å². The number of aromatic nitrogens is 5. The zero-order valence-electron chi connectivity index (χ0n) is 19.1. The van der Waals surface area contributed by atoms with Crippen molar-refractivity contribution in [2.45, 2.75) is 6.92 Å². The van der Waals surface area contributed by atoms with Crippen molar-refractivity contribution < 1.29 is 23.6 Å². The molecule has 0 saturated heterocycles. The molecule has 3 N–H and O–H groups in total. The second kappa shape index (κ2) is 10.3. The molecule has 1 amide bonds. The van der Waals surface area contributed by atoms with E-state index in [1.54, 1.807) is 49.6 Å². The SMILES string of the molecule is CCOc1ccc(-c2c(C(=O)N/N=C/c3ccc(OC)cc3OC)nnn2-c2nonc2N)cc1. The first-order valence-corrected chi connectivity index (χ1v) is 10.4. The first-order chi connectivity index (χ1) is 17.0. The molecule has 180 valence electrons. The number of rotatable bonds is 9. The highest BCUT2D eigenvalue weighted by molar-refractivity contribution is 5.99. The Balaban J connectivity index is 1.65. The molecule has 13 heteroatoms. The quantitative estimate of drug-likeness (QED) is 0.269. The lowest BCUT2D eigenvalue weighted by Gasteiger charge is -2.08. The maximum atomic E-state index is 13.0. The Bertz CT molecular complexity index is 1350. The van der Waals surface area contributed by atoms with E-state index >= 15 is 0 Å². The van der Waals surface area contributed by atoms with E-state index in [1.165, 1.54) is 18.0 Å². The van der Waals surface area contributed by atoms with Gasteiger partial charge in [-0.1, -0.05) is 5.21 Å². The maximum Gasteiger partial charge on any atom is 0.294 e. The van der Waals surface area contributed by atoms with Crippen molar-refractivity contribution in [2.24, 2.45) is 5.10 Å². The van der Waals surface area contributed by atoms with Crippen molar-refractivity contribution in [3.63, 3.8) is 0 Å². The van der Waals surface area contributed by atoms with E-state index < -0.39 is 5.91 Å². The smallest absolute Gasteiger partial charge is 0.294 e. The molecule has 0 aliphatic carbocycles. The second-order valence-electron chi connectivity index (χ2n) is 6.94. The van der Waals surface area contributed by atoms with Crippen molar-refractivity contribution >= 4 is 17.9 Å². The molecule has 2 heterocycles. The van der Waals surface area contributed by atoms with E-state index in [1.807, 2.05) is 6.92 Å². The lowest BCUT2D eigenvalue weighted by molar-refractivity contribution is 0.0950. The van der Waals surface area contributed by atoms with Gasteiger partial charge in [-0.3, -0.25) is 4.79 Å². The Morgan fingerprint density at radius 1 is 1.14 bits per heavy atom. The Morgan fingerprint density at radius 2 is 1.91 bits per heavy atom. The summed E-state index contributed by atoms with van der Waals surface area (Å²) in [6.07, 6.45) is 1.44. The number of nitrogens with one attached hydrogen (secondary N) is 1. The van der Waals surface area contributed by atoms with E-state index in [2.05, 4.69) is 35.8 Å². The summed E-state index contributed by atoms with van der Waals surface area (Å²) in [4.78, 5) is 13.0. The second-order valence-corrected chi connectivity index (χ2v) is 6.94. The minimum absolute atomic E-state index is 0.0151. The van der Waals surface area contributed by atoms with Crippen LogP contribution in [0, 0.1) is 0 Å². The number of nitrogen functional groups attached to an aromatic ring is 1. The molecule has 0 fully saturated rings. The fraction of sp³-hybridized carbons (Fsp3) is 0.182. The summed E-state index contributed by atoms with van der Waals surface area (Å²) in [5.74, 6) is 1.28. The molecular weight excluding hydrogens is 456 g/mol. The van der Waals surface area contributed by atoms with Gasteiger partial charge >= 0.3 is 0 Å². The summed E-state index contributed by atoms with van der Waals surface area (Å²) in [7, 11) is 3.08. The zero-order chi connectivity index (χ0) is 24.8. The molecule has 4 aromatic rings. The Hall–Kier alpha value is -4.94. The number of nitrogens with two attached hydrogens (primary N) is 1. The number of hydrogen-bond acceptors (Lipinski definition) is 11. The predicted octanol–water partition coefficient (Wildman–Crippen LogP) is 2.08. The number of benzene rings is 2. The van der Waals surface area contributed by atoms with Gasteiger partial charge < -0.3 is 19.9 Å². The highest BCUT2D eigenvalue weighted by Gasteiger charge is 2.25. The van der Waals surface area contributed by atoms with Crippen molar-refractivity contribution in [3.8, 4) is 34.3 Å². The number of carbonyl (C=O) groups is 1. The minimum Gasteiger partial charge on any atom is -0.497 e. The molecule has 0 aliphatic heterocycles. The van der Waals surface area contributed by atoms with Crippen molar-refractivity contribution in [1.82, 2.24) is 30.7 Å². The van der Waals surface area contributed by atoms with Crippen LogP contribution < -0.4 is 25.4 Å². The molecule has 0 saturated carbocycles. The number of carbonyl (C=O) groups excluding carboxylic acids is 1. The van der Waals surface area contributed by atoms with E-state index in [9.17, 15) is 4.79 Å². The first kappa shape index (κ1) is 23.2. The number of hydrogen-bond donors (Lipinski definition) is 2. The first-order valence-electron chi connectivity index (χ1n) is 10.4. The van der Waals surface area contributed by atoms with Gasteiger partial charge in [0.1, 0.15) is 22.9 Å². The molecule has 2 aromatic heterocycles. The molecule has 0 radical (unpaired) electrons. The molecule has 0 aliphatic rings. The van der Waals surface area contributed by atoms with E-state index in [4.69, 9.17) is 19.9 Å². The Kier molecular flexibility index (Phi) is 6.86. The Labute approximate surface area is 199 Å². The molecule has 4 rings (SSSR count). The molecule has 0 spiro atoms. The highest BCUT2D eigenvalue weighted by atomic mass is 16.6. The summed E-state index contributed by atoms with van der Waals surface area (Å²) in [6.45, 7) is 2.41. The summed E-state index contributed by atoms with van der Waals surface area (Å²) in [5.41, 5.74) is 9.82. The molecule has 0 unspecified atom stereocenters. The van der Waals surface area contributed by atoms with Crippen LogP contribution in [0.1, 0.15) is 23.0 Å². The molecular formula is C22H22N8O5. The average Bonchev–Trinajstić information content (AvgIpc) is 3.50. The number of hydrazone groups is 1. The standard InChI is InChI=1S/C22H22N8O5/c1-4-34-15-8-5-13(6-9-15)19-18(25-29-30(19)21-20(23)27-35-28-21)22(31)26-24-12-14-7-10-16(32-2)11-17(14)33-3/h5-12H,4H2,1-3H3,(H2,23,27)(H,26,31)/b24-12+. The van der Waals surface area contributed by atoms with Crippen LogP contribution in [0.25, 0.3) is 17.1 Å². The van der Waals surface area contributed by atoms with Gasteiger partial charge in [-0.2, -0.15) is 9.78 Å². The topological polar surface area (TPSA) is 165 Å². The summed E-state index contributed by atoms with van der Waals surface area (Å²) in [5, 5.41) is 19.4. The van der Waals surface area contributed by atoms with Crippen molar-refractivity contribution in [3.05, 3.63) is 53.7 Å². The number of ether oxygens (including phenoxy) is 3. The van der Waals surface area contributed by atoms with Crippen LogP contribution >= 0.6 is 0 Å². The average molecular weight is 478 g/mol. The highest BCUT2D eigenvalue weighted by Crippen LogP contribution is 2.28. The van der Waals surface area contributed by atoms with E-state index in [0.717, 1.165) is 0 Å². The third-order valence-corrected chi connectivity index (χ3v) is 4.83. The molecule has 0 atom stereocenters. The van der Waals surface area contributed by atoms with Gasteiger partial charge in [0.05, 0.1) is 27.0 Å². The third-order valence-electron chi connectivity index (χ3n) is 4.83. The summed E-state index contributed by atoms with van der Waals surface area (Å²) in [6, 6.07) is 12.2. The number of nitrogens with zero attached hydrogens (tertiary/aromatic N) is 6. The summed E-state index contributed by atoms with van der Waals surface area (Å²) >= 11 is 0. The van der Waals surface area contributed by atoms with E-state index in [0.29, 0.717) is 40.7 Å². The third kappa shape index (κ3) is 4.88. The molecule has 0 bridgehead atoms.